The molecule has 2 aromatic carbocycles. The van der Waals surface area contributed by atoms with Gasteiger partial charge < -0.3 is 4.74 Å². The van der Waals surface area contributed by atoms with Crippen LogP contribution >= 0.6 is 0 Å². The van der Waals surface area contributed by atoms with Crippen LogP contribution in [0, 0.1) is 0 Å². The fourth-order valence-electron chi connectivity index (χ4n) is 3.60. The highest BCUT2D eigenvalue weighted by Crippen LogP contribution is 2.34. The Morgan fingerprint density at radius 1 is 1.00 bits per heavy atom. The summed E-state index contributed by atoms with van der Waals surface area (Å²) in [6.07, 6.45) is 3.26. The van der Waals surface area contributed by atoms with Gasteiger partial charge in [-0.3, -0.25) is 15.1 Å². The lowest BCUT2D eigenvalue weighted by atomic mass is 9.98. The third-order valence-electron chi connectivity index (χ3n) is 5.07. The highest BCUT2D eigenvalue weighted by Gasteiger charge is 2.33. The van der Waals surface area contributed by atoms with Gasteiger partial charge >= 0.3 is 6.09 Å². The number of nitrogens with zero attached hydrogens (tertiary/aromatic N) is 3. The fourth-order valence-corrected chi connectivity index (χ4v) is 3.60. The zero-order valence-electron chi connectivity index (χ0n) is 18.9. The molecule has 2 heterocycles. The number of hydrogen-bond donors (Lipinski definition) is 1. The van der Waals surface area contributed by atoms with Crippen molar-refractivity contribution in [3.63, 3.8) is 0 Å². The van der Waals surface area contributed by atoms with Crippen molar-refractivity contribution in [1.82, 2.24) is 9.99 Å². The van der Waals surface area contributed by atoms with Gasteiger partial charge in [0, 0.05) is 24.5 Å². The molecule has 1 N–H and O–H groups in total. The van der Waals surface area contributed by atoms with Gasteiger partial charge in [-0.2, -0.15) is 5.10 Å². The first-order chi connectivity index (χ1) is 15.8. The van der Waals surface area contributed by atoms with E-state index >= 15 is 0 Å². The number of amides is 2. The molecule has 0 bridgehead atoms. The molecule has 0 fully saturated rings. The maximum Gasteiger partial charge on any atom is 0.412 e. The second-order valence-corrected chi connectivity index (χ2v) is 8.77. The second kappa shape index (κ2) is 9.24. The van der Waals surface area contributed by atoms with Crippen LogP contribution in [-0.2, 0) is 4.74 Å². The summed E-state index contributed by atoms with van der Waals surface area (Å²) in [6, 6.07) is 20.5. The minimum atomic E-state index is -0.570. The van der Waals surface area contributed by atoms with Crippen molar-refractivity contribution in [2.24, 2.45) is 5.10 Å². The summed E-state index contributed by atoms with van der Waals surface area (Å²) in [7, 11) is 0. The third-order valence-corrected chi connectivity index (χ3v) is 5.07. The number of pyridine rings is 1. The van der Waals surface area contributed by atoms with Gasteiger partial charge in [-0.1, -0.05) is 42.5 Å². The SMILES string of the molecule is CC(C)(C)OC(=O)Nc1ccc(C2=NN(C(=O)c3cccnc3)C(c3ccccc3)C2)cc1. The highest BCUT2D eigenvalue weighted by atomic mass is 16.6. The molecule has 1 aromatic heterocycles. The standard InChI is InChI=1S/C26H26N4O3/c1-26(2,3)33-25(32)28-21-13-11-18(12-14-21)22-16-23(19-8-5-4-6-9-19)30(29-22)24(31)20-10-7-15-27-17-20/h4-15,17,23H,16H2,1-3H3,(H,28,32). The lowest BCUT2D eigenvalue weighted by molar-refractivity contribution is 0.0635. The van der Waals surface area contributed by atoms with E-state index in [1.807, 2.05) is 63.2 Å². The first-order valence-corrected chi connectivity index (χ1v) is 10.8. The van der Waals surface area contributed by atoms with Crippen LogP contribution in [0.15, 0.2) is 84.2 Å². The molecule has 0 saturated carbocycles. The summed E-state index contributed by atoms with van der Waals surface area (Å²) in [5.41, 5.74) is 3.22. The van der Waals surface area contributed by atoms with Gasteiger partial charge in [-0.15, -0.1) is 0 Å². The van der Waals surface area contributed by atoms with Gasteiger partial charge in [0.25, 0.3) is 5.91 Å². The van der Waals surface area contributed by atoms with Gasteiger partial charge in [0.1, 0.15) is 5.60 Å². The number of nitrogens with one attached hydrogen (secondary N) is 1. The summed E-state index contributed by atoms with van der Waals surface area (Å²) in [5.74, 6) is -0.199. The zero-order chi connectivity index (χ0) is 23.4. The van der Waals surface area contributed by atoms with Crippen LogP contribution in [0.25, 0.3) is 0 Å². The van der Waals surface area contributed by atoms with Gasteiger partial charge in [0.05, 0.1) is 17.3 Å². The lowest BCUT2D eigenvalue weighted by Gasteiger charge is -2.22. The number of carbonyl (C=O) groups excluding carboxylic acids is 2. The fraction of sp³-hybridized carbons (Fsp3) is 0.231. The van der Waals surface area contributed by atoms with E-state index in [2.05, 4.69) is 10.3 Å². The van der Waals surface area contributed by atoms with Crippen molar-refractivity contribution in [3.05, 3.63) is 95.8 Å². The van der Waals surface area contributed by atoms with Crippen LogP contribution < -0.4 is 5.32 Å². The molecule has 3 aromatic rings. The van der Waals surface area contributed by atoms with Crippen LogP contribution in [0.1, 0.15) is 54.7 Å². The zero-order valence-corrected chi connectivity index (χ0v) is 18.9. The maximum absolute atomic E-state index is 13.2. The Bertz CT molecular complexity index is 1150. The largest absolute Gasteiger partial charge is 0.444 e. The van der Waals surface area contributed by atoms with Crippen LogP contribution in [0.4, 0.5) is 10.5 Å². The first kappa shape index (κ1) is 22.2. The van der Waals surface area contributed by atoms with Crippen molar-refractivity contribution >= 4 is 23.4 Å². The summed E-state index contributed by atoms with van der Waals surface area (Å²) in [5, 5.41) is 8.96. The molecule has 0 spiro atoms. The Morgan fingerprint density at radius 2 is 1.73 bits per heavy atom. The van der Waals surface area contributed by atoms with E-state index < -0.39 is 11.7 Å². The summed E-state index contributed by atoms with van der Waals surface area (Å²) in [4.78, 5) is 29.3. The minimum absolute atomic E-state index is 0.199. The number of rotatable bonds is 4. The highest BCUT2D eigenvalue weighted by molar-refractivity contribution is 6.05. The molecule has 1 aliphatic heterocycles. The van der Waals surface area contributed by atoms with Crippen LogP contribution in [-0.4, -0.2) is 33.3 Å². The van der Waals surface area contributed by atoms with Gasteiger partial charge in [0.2, 0.25) is 0 Å². The molecule has 0 radical (unpaired) electrons. The van der Waals surface area contributed by atoms with E-state index in [4.69, 9.17) is 9.84 Å². The topological polar surface area (TPSA) is 83.9 Å². The smallest absolute Gasteiger partial charge is 0.412 e. The van der Waals surface area contributed by atoms with Crippen molar-refractivity contribution in [3.8, 4) is 0 Å². The molecule has 2 amide bonds. The number of aromatic nitrogens is 1. The molecule has 0 aliphatic carbocycles. The van der Waals surface area contributed by atoms with Crippen molar-refractivity contribution in [2.45, 2.75) is 38.8 Å². The number of hydrogen-bond acceptors (Lipinski definition) is 5. The predicted octanol–water partition coefficient (Wildman–Crippen LogP) is 5.42. The average Bonchev–Trinajstić information content (AvgIpc) is 3.24. The average molecular weight is 443 g/mol. The van der Waals surface area contributed by atoms with E-state index in [-0.39, 0.29) is 11.9 Å². The molecule has 1 atom stereocenters. The van der Waals surface area contributed by atoms with Gasteiger partial charge in [-0.25, -0.2) is 9.80 Å². The van der Waals surface area contributed by atoms with Crippen LogP contribution in [0.5, 0.6) is 0 Å². The Kier molecular flexibility index (Phi) is 6.22. The summed E-state index contributed by atoms with van der Waals surface area (Å²) >= 11 is 0. The number of benzene rings is 2. The molecule has 33 heavy (non-hydrogen) atoms. The van der Waals surface area contributed by atoms with Crippen LogP contribution in [0.2, 0.25) is 0 Å². The monoisotopic (exact) mass is 442 g/mol. The molecule has 0 saturated heterocycles. The third kappa shape index (κ3) is 5.44. The Morgan fingerprint density at radius 3 is 2.36 bits per heavy atom. The first-order valence-electron chi connectivity index (χ1n) is 10.8. The molecular weight excluding hydrogens is 416 g/mol. The summed E-state index contributed by atoms with van der Waals surface area (Å²) in [6.45, 7) is 5.45. The Labute approximate surface area is 193 Å². The van der Waals surface area contributed by atoms with E-state index in [9.17, 15) is 9.59 Å². The van der Waals surface area contributed by atoms with Gasteiger partial charge in [-0.05, 0) is 56.2 Å². The van der Waals surface area contributed by atoms with Crippen molar-refractivity contribution < 1.29 is 14.3 Å². The Hall–Kier alpha value is -4.00. The molecule has 168 valence electrons. The lowest BCUT2D eigenvalue weighted by Crippen LogP contribution is -2.27. The molecular formula is C26H26N4O3. The van der Waals surface area contributed by atoms with E-state index in [0.29, 0.717) is 17.7 Å². The predicted molar refractivity (Wildman–Crippen MR) is 127 cm³/mol. The van der Waals surface area contributed by atoms with Crippen LogP contribution in [0.3, 0.4) is 0 Å². The Balaban J connectivity index is 1.57. The molecule has 4 rings (SSSR count). The minimum Gasteiger partial charge on any atom is -0.444 e. The van der Waals surface area contributed by atoms with Crippen molar-refractivity contribution in [1.29, 1.82) is 0 Å². The van der Waals surface area contributed by atoms with Gasteiger partial charge in [0.15, 0.2) is 0 Å². The number of hydrazone groups is 1. The maximum atomic E-state index is 13.2. The van der Waals surface area contributed by atoms with Crippen molar-refractivity contribution in [2.75, 3.05) is 5.32 Å². The number of carbonyl (C=O) groups is 2. The molecule has 1 unspecified atom stereocenters. The van der Waals surface area contributed by atoms with E-state index in [1.54, 1.807) is 36.7 Å². The molecule has 1 aliphatic rings. The molecule has 7 heteroatoms. The summed E-state index contributed by atoms with van der Waals surface area (Å²) < 4.78 is 5.29. The normalized spacial score (nSPS) is 15.7. The number of anilines is 1. The quantitative estimate of drug-likeness (QED) is 0.585. The van der Waals surface area contributed by atoms with E-state index in [1.165, 1.54) is 5.01 Å². The number of ether oxygens (including phenoxy) is 1. The molecule has 7 nitrogen and oxygen atoms in total. The second-order valence-electron chi connectivity index (χ2n) is 8.77. The van der Waals surface area contributed by atoms with E-state index in [0.717, 1.165) is 16.8 Å².